The van der Waals surface area contributed by atoms with E-state index >= 15 is 0 Å². The molecule has 1 amide bonds. The van der Waals surface area contributed by atoms with Crippen LogP contribution in [-0.4, -0.2) is 23.0 Å². The first-order valence-electron chi connectivity index (χ1n) is 9.27. The van der Waals surface area contributed by atoms with Gasteiger partial charge in [0.1, 0.15) is 0 Å². The molecule has 0 bridgehead atoms. The van der Waals surface area contributed by atoms with E-state index in [2.05, 4.69) is 10.4 Å². The van der Waals surface area contributed by atoms with Gasteiger partial charge in [-0.05, 0) is 37.3 Å². The Morgan fingerprint density at radius 2 is 1.62 bits per heavy atom. The molecule has 0 aliphatic carbocycles. The molecule has 5 rings (SSSR count). The fraction of sp³-hybridized carbons (Fsp3) is 0.0870. The number of para-hydroxylation sites is 2. The molecule has 2 heterocycles. The number of hydrogen-bond acceptors (Lipinski definition) is 4. The number of anilines is 2. The fourth-order valence-corrected chi connectivity index (χ4v) is 3.80. The van der Waals surface area contributed by atoms with Crippen molar-refractivity contribution in [3.05, 3.63) is 95.0 Å². The zero-order chi connectivity index (χ0) is 20.0. The van der Waals surface area contributed by atoms with Gasteiger partial charge >= 0.3 is 5.91 Å². The van der Waals surface area contributed by atoms with Crippen molar-refractivity contribution in [1.29, 1.82) is 0 Å². The average Bonchev–Trinajstić information content (AvgIpc) is 2.99. The highest BCUT2D eigenvalue weighted by Gasteiger charge is 2.52. The number of nitrogens with zero attached hydrogens (tertiary/aromatic N) is 3. The van der Waals surface area contributed by atoms with Crippen molar-refractivity contribution >= 4 is 40.3 Å². The van der Waals surface area contributed by atoms with Crippen LogP contribution in [0.3, 0.4) is 0 Å². The molecular formula is C23H17ClN4O. The smallest absolute Gasteiger partial charge is 0.302 e. The van der Waals surface area contributed by atoms with Crippen LogP contribution < -0.4 is 10.3 Å². The molecule has 0 radical (unpaired) electrons. The van der Waals surface area contributed by atoms with Gasteiger partial charge in [-0.25, -0.2) is 4.99 Å². The number of rotatable bonds is 2. The molecule has 3 aromatic carbocycles. The quantitative estimate of drug-likeness (QED) is 0.676. The van der Waals surface area contributed by atoms with Crippen LogP contribution in [0.5, 0.6) is 0 Å². The molecular weight excluding hydrogens is 384 g/mol. The molecule has 3 aromatic rings. The lowest BCUT2D eigenvalue weighted by Crippen LogP contribution is -2.53. The van der Waals surface area contributed by atoms with Gasteiger partial charge in [0.05, 0.1) is 17.1 Å². The lowest BCUT2D eigenvalue weighted by Gasteiger charge is -2.33. The normalized spacial score (nSPS) is 20.2. The molecule has 0 saturated heterocycles. The van der Waals surface area contributed by atoms with Gasteiger partial charge in [0.25, 0.3) is 5.66 Å². The first kappa shape index (κ1) is 17.6. The number of carbonyl (C=O) groups is 1. The number of aliphatic imine (C=N–C) groups is 1. The summed E-state index contributed by atoms with van der Waals surface area (Å²) in [6, 6.07) is 24.7. The Bertz CT molecular complexity index is 1170. The highest BCUT2D eigenvalue weighted by molar-refractivity contribution is 6.31. The van der Waals surface area contributed by atoms with E-state index in [0.717, 1.165) is 22.5 Å². The molecule has 29 heavy (non-hydrogen) atoms. The van der Waals surface area contributed by atoms with Crippen LogP contribution >= 0.6 is 11.6 Å². The van der Waals surface area contributed by atoms with Crippen molar-refractivity contribution < 1.29 is 4.79 Å². The topological polar surface area (TPSA) is 57.1 Å². The summed E-state index contributed by atoms with van der Waals surface area (Å²) in [6.45, 7) is 1.82. The number of fused-ring (bicyclic) bond motifs is 1. The summed E-state index contributed by atoms with van der Waals surface area (Å²) in [7, 11) is 0. The number of hydrazone groups is 1. The standard InChI is InChI=1S/C23H17ClN4O/c1-15-23(22(29)28(27-15)18-7-3-2-4-8-18)25-20-10-6-5-9-19(20)21(26-23)16-11-13-17(24)14-12-16/h2-14,25H,1H3. The Kier molecular flexibility index (Phi) is 4.00. The first-order chi connectivity index (χ1) is 14.1. The molecule has 0 saturated carbocycles. The lowest BCUT2D eigenvalue weighted by atomic mass is 9.93. The van der Waals surface area contributed by atoms with E-state index in [0.29, 0.717) is 16.4 Å². The maximum Gasteiger partial charge on any atom is 0.302 e. The number of halogens is 1. The Morgan fingerprint density at radius 3 is 2.38 bits per heavy atom. The lowest BCUT2D eigenvalue weighted by molar-refractivity contribution is -0.120. The maximum atomic E-state index is 13.6. The Balaban J connectivity index is 1.68. The Morgan fingerprint density at radius 1 is 0.931 bits per heavy atom. The monoisotopic (exact) mass is 400 g/mol. The highest BCUT2D eigenvalue weighted by Crippen LogP contribution is 2.37. The summed E-state index contributed by atoms with van der Waals surface area (Å²) in [4.78, 5) is 18.5. The SMILES string of the molecule is CC1=NN(c2ccccc2)C(=O)C12N=C(c1ccc(Cl)cc1)c1ccccc1N2. The third-order valence-corrected chi connectivity index (χ3v) is 5.42. The summed E-state index contributed by atoms with van der Waals surface area (Å²) in [5.74, 6) is -0.234. The molecule has 2 aliphatic rings. The van der Waals surface area contributed by atoms with Gasteiger partial charge in [-0.2, -0.15) is 10.1 Å². The van der Waals surface area contributed by atoms with E-state index in [1.165, 1.54) is 5.01 Å². The van der Waals surface area contributed by atoms with Gasteiger partial charge in [0.2, 0.25) is 0 Å². The zero-order valence-electron chi connectivity index (χ0n) is 15.6. The molecule has 0 aromatic heterocycles. The van der Waals surface area contributed by atoms with E-state index in [1.54, 1.807) is 0 Å². The molecule has 2 aliphatic heterocycles. The van der Waals surface area contributed by atoms with Crippen LogP contribution in [-0.2, 0) is 4.79 Å². The van der Waals surface area contributed by atoms with Crippen molar-refractivity contribution in [3.63, 3.8) is 0 Å². The van der Waals surface area contributed by atoms with Crippen LogP contribution in [0.25, 0.3) is 0 Å². The van der Waals surface area contributed by atoms with E-state index < -0.39 is 5.66 Å². The molecule has 6 heteroatoms. The second kappa shape index (κ2) is 6.57. The van der Waals surface area contributed by atoms with Gasteiger partial charge < -0.3 is 5.32 Å². The van der Waals surface area contributed by atoms with E-state index in [4.69, 9.17) is 16.6 Å². The molecule has 0 fully saturated rings. The van der Waals surface area contributed by atoms with E-state index in [1.807, 2.05) is 85.8 Å². The van der Waals surface area contributed by atoms with Gasteiger partial charge in [-0.1, -0.05) is 60.1 Å². The molecule has 1 N–H and O–H groups in total. The summed E-state index contributed by atoms with van der Waals surface area (Å²) >= 11 is 6.07. The number of benzene rings is 3. The minimum absolute atomic E-state index is 0.234. The van der Waals surface area contributed by atoms with Gasteiger partial charge in [0.15, 0.2) is 0 Å². The summed E-state index contributed by atoms with van der Waals surface area (Å²) in [5.41, 5.74) is 3.41. The molecule has 142 valence electrons. The van der Waals surface area contributed by atoms with Crippen LogP contribution in [0.4, 0.5) is 11.4 Å². The minimum atomic E-state index is -1.28. The van der Waals surface area contributed by atoms with Crippen LogP contribution in [0.1, 0.15) is 18.1 Å². The van der Waals surface area contributed by atoms with Crippen molar-refractivity contribution in [2.24, 2.45) is 10.1 Å². The van der Waals surface area contributed by atoms with Gasteiger partial charge in [-0.15, -0.1) is 0 Å². The molecule has 1 unspecified atom stereocenters. The first-order valence-corrected chi connectivity index (χ1v) is 9.65. The minimum Gasteiger partial charge on any atom is -0.348 e. The van der Waals surface area contributed by atoms with Gasteiger partial charge in [-0.3, -0.25) is 4.79 Å². The second-order valence-corrected chi connectivity index (χ2v) is 7.42. The summed E-state index contributed by atoms with van der Waals surface area (Å²) in [5, 5.41) is 9.95. The van der Waals surface area contributed by atoms with Crippen LogP contribution in [0.15, 0.2) is 89.0 Å². The Labute approximate surface area is 173 Å². The van der Waals surface area contributed by atoms with Crippen molar-refractivity contribution in [2.75, 3.05) is 10.3 Å². The number of carbonyl (C=O) groups excluding carboxylic acids is 1. The van der Waals surface area contributed by atoms with Crippen molar-refractivity contribution in [3.8, 4) is 0 Å². The van der Waals surface area contributed by atoms with E-state index in [9.17, 15) is 4.79 Å². The summed E-state index contributed by atoms with van der Waals surface area (Å²) in [6.07, 6.45) is 0. The maximum absolute atomic E-state index is 13.6. The van der Waals surface area contributed by atoms with E-state index in [-0.39, 0.29) is 5.91 Å². The van der Waals surface area contributed by atoms with Gasteiger partial charge in [0, 0.05) is 21.8 Å². The fourth-order valence-electron chi connectivity index (χ4n) is 3.67. The third-order valence-electron chi connectivity index (χ3n) is 5.17. The summed E-state index contributed by atoms with van der Waals surface area (Å²) < 4.78 is 0. The Hall–Kier alpha value is -3.44. The van der Waals surface area contributed by atoms with Crippen molar-refractivity contribution in [1.82, 2.24) is 0 Å². The number of amides is 1. The average molecular weight is 401 g/mol. The van der Waals surface area contributed by atoms with Crippen molar-refractivity contribution in [2.45, 2.75) is 12.6 Å². The van der Waals surface area contributed by atoms with Crippen LogP contribution in [0, 0.1) is 0 Å². The number of hydrogen-bond donors (Lipinski definition) is 1. The largest absolute Gasteiger partial charge is 0.348 e. The molecule has 5 nitrogen and oxygen atoms in total. The third kappa shape index (κ3) is 2.74. The predicted molar refractivity (Wildman–Crippen MR) is 117 cm³/mol. The molecule has 1 atom stereocenters. The van der Waals surface area contributed by atoms with Crippen LogP contribution in [0.2, 0.25) is 5.02 Å². The number of nitrogens with one attached hydrogen (secondary N) is 1. The second-order valence-electron chi connectivity index (χ2n) is 6.99. The molecule has 1 spiro atoms. The zero-order valence-corrected chi connectivity index (χ0v) is 16.4. The highest BCUT2D eigenvalue weighted by atomic mass is 35.5. The predicted octanol–water partition coefficient (Wildman–Crippen LogP) is 4.72.